The Hall–Kier alpha value is -2.17. The van der Waals surface area contributed by atoms with Crippen LogP contribution in [0.5, 0.6) is 5.75 Å². The first-order valence-corrected chi connectivity index (χ1v) is 7.77. The minimum atomic E-state index is -0.652. The van der Waals surface area contributed by atoms with Crippen LogP contribution in [0, 0.1) is 0 Å². The lowest BCUT2D eigenvalue weighted by atomic mass is 10.1. The zero-order valence-electron chi connectivity index (χ0n) is 13.5. The number of ketones is 1. The summed E-state index contributed by atoms with van der Waals surface area (Å²) in [7, 11) is 0. The van der Waals surface area contributed by atoms with Gasteiger partial charge in [-0.25, -0.2) is 0 Å². The summed E-state index contributed by atoms with van der Waals surface area (Å²) in [4.78, 5) is 11.5. The van der Waals surface area contributed by atoms with Gasteiger partial charge in [0.2, 0.25) is 0 Å². The summed E-state index contributed by atoms with van der Waals surface area (Å²) in [5.41, 5.74) is 1.70. The summed E-state index contributed by atoms with van der Waals surface area (Å²) in [6.45, 7) is 4.10. The highest BCUT2D eigenvalue weighted by molar-refractivity contribution is 5.96. The fourth-order valence-corrected chi connectivity index (χ4v) is 2.30. The highest BCUT2D eigenvalue weighted by Gasteiger charge is 2.12. The predicted molar refractivity (Wildman–Crippen MR) is 90.8 cm³/mol. The third kappa shape index (κ3) is 5.20. The molecule has 2 atom stereocenters. The highest BCUT2D eigenvalue weighted by Crippen LogP contribution is 2.18. The van der Waals surface area contributed by atoms with Crippen molar-refractivity contribution in [1.29, 1.82) is 0 Å². The van der Waals surface area contributed by atoms with Crippen LogP contribution in [0.1, 0.15) is 35.8 Å². The fourth-order valence-electron chi connectivity index (χ4n) is 2.30. The number of carbonyl (C=O) groups is 1. The van der Waals surface area contributed by atoms with E-state index in [1.54, 1.807) is 18.2 Å². The third-order valence-electron chi connectivity index (χ3n) is 3.66. The molecule has 4 heteroatoms. The molecule has 0 aliphatic carbocycles. The third-order valence-corrected chi connectivity index (χ3v) is 3.66. The van der Waals surface area contributed by atoms with Gasteiger partial charge in [-0.2, -0.15) is 0 Å². The van der Waals surface area contributed by atoms with Gasteiger partial charge in [-0.05, 0) is 31.5 Å². The smallest absolute Gasteiger partial charge is 0.163 e. The second-order valence-corrected chi connectivity index (χ2v) is 5.56. The SMILES string of the molecule is CC(=O)c1ccccc1OCC(O)CNC(C)c1ccccc1. The maximum Gasteiger partial charge on any atom is 0.163 e. The molecule has 4 nitrogen and oxygen atoms in total. The van der Waals surface area contributed by atoms with E-state index in [9.17, 15) is 9.90 Å². The van der Waals surface area contributed by atoms with Crippen molar-refractivity contribution in [3.05, 3.63) is 65.7 Å². The molecule has 2 N–H and O–H groups in total. The van der Waals surface area contributed by atoms with Crippen molar-refractivity contribution in [1.82, 2.24) is 5.32 Å². The Morgan fingerprint density at radius 1 is 1.13 bits per heavy atom. The Morgan fingerprint density at radius 2 is 1.78 bits per heavy atom. The van der Waals surface area contributed by atoms with Gasteiger partial charge in [-0.3, -0.25) is 4.79 Å². The lowest BCUT2D eigenvalue weighted by Crippen LogP contribution is -2.33. The number of rotatable bonds is 8. The zero-order chi connectivity index (χ0) is 16.7. The van der Waals surface area contributed by atoms with Crippen molar-refractivity contribution in [2.45, 2.75) is 26.0 Å². The Morgan fingerprint density at radius 3 is 2.48 bits per heavy atom. The molecule has 0 aromatic heterocycles. The number of aliphatic hydroxyl groups excluding tert-OH is 1. The van der Waals surface area contributed by atoms with E-state index in [0.29, 0.717) is 17.9 Å². The van der Waals surface area contributed by atoms with Gasteiger partial charge in [0.15, 0.2) is 5.78 Å². The second kappa shape index (κ2) is 8.46. The van der Waals surface area contributed by atoms with Gasteiger partial charge in [-0.1, -0.05) is 42.5 Å². The number of hydrogen-bond acceptors (Lipinski definition) is 4. The monoisotopic (exact) mass is 313 g/mol. The van der Waals surface area contributed by atoms with Crippen LogP contribution in [0.15, 0.2) is 54.6 Å². The Kier molecular flexibility index (Phi) is 6.32. The van der Waals surface area contributed by atoms with Gasteiger partial charge in [0, 0.05) is 12.6 Å². The van der Waals surface area contributed by atoms with Crippen LogP contribution in [0.3, 0.4) is 0 Å². The first kappa shape index (κ1) is 17.2. The van der Waals surface area contributed by atoms with Gasteiger partial charge in [0.05, 0.1) is 5.56 Å². The van der Waals surface area contributed by atoms with Crippen molar-refractivity contribution >= 4 is 5.78 Å². The number of hydrogen-bond donors (Lipinski definition) is 2. The van der Waals surface area contributed by atoms with E-state index in [1.165, 1.54) is 12.5 Å². The molecule has 0 aliphatic rings. The topological polar surface area (TPSA) is 58.6 Å². The van der Waals surface area contributed by atoms with E-state index in [0.717, 1.165) is 0 Å². The van der Waals surface area contributed by atoms with E-state index < -0.39 is 6.10 Å². The van der Waals surface area contributed by atoms with E-state index >= 15 is 0 Å². The average Bonchev–Trinajstić information content (AvgIpc) is 2.58. The number of nitrogens with one attached hydrogen (secondary N) is 1. The molecule has 122 valence electrons. The minimum Gasteiger partial charge on any atom is -0.490 e. The average molecular weight is 313 g/mol. The molecule has 23 heavy (non-hydrogen) atoms. The van der Waals surface area contributed by atoms with Gasteiger partial charge in [0.25, 0.3) is 0 Å². The van der Waals surface area contributed by atoms with Gasteiger partial charge in [-0.15, -0.1) is 0 Å². The lowest BCUT2D eigenvalue weighted by Gasteiger charge is -2.18. The van der Waals surface area contributed by atoms with Crippen LogP contribution < -0.4 is 10.1 Å². The van der Waals surface area contributed by atoms with Crippen LogP contribution in [0.2, 0.25) is 0 Å². The molecule has 2 unspecified atom stereocenters. The fraction of sp³-hybridized carbons (Fsp3) is 0.316. The molecular weight excluding hydrogens is 290 g/mol. The number of carbonyl (C=O) groups excluding carboxylic acids is 1. The highest BCUT2D eigenvalue weighted by atomic mass is 16.5. The number of ether oxygens (including phenoxy) is 1. The van der Waals surface area contributed by atoms with Crippen molar-refractivity contribution in [3.63, 3.8) is 0 Å². The molecule has 0 aliphatic heterocycles. The first-order chi connectivity index (χ1) is 11.1. The molecule has 0 bridgehead atoms. The van der Waals surface area contributed by atoms with Gasteiger partial charge >= 0.3 is 0 Å². The lowest BCUT2D eigenvalue weighted by molar-refractivity contribution is 0.0966. The first-order valence-electron chi connectivity index (χ1n) is 7.77. The summed E-state index contributed by atoms with van der Waals surface area (Å²) in [6, 6.07) is 17.3. The van der Waals surface area contributed by atoms with E-state index in [1.807, 2.05) is 43.3 Å². The summed E-state index contributed by atoms with van der Waals surface area (Å²) >= 11 is 0. The molecule has 2 rings (SSSR count). The van der Waals surface area contributed by atoms with Crippen molar-refractivity contribution < 1.29 is 14.6 Å². The molecule has 0 amide bonds. The summed E-state index contributed by atoms with van der Waals surface area (Å²) in [6.07, 6.45) is -0.652. The minimum absolute atomic E-state index is 0.0501. The Bertz CT molecular complexity index is 628. The normalized spacial score (nSPS) is 13.3. The number of benzene rings is 2. The number of Topliss-reactive ketones (excluding diaryl/α,β-unsaturated/α-hetero) is 1. The molecular formula is C19H23NO3. The molecule has 0 fully saturated rings. The molecule has 2 aromatic carbocycles. The largest absolute Gasteiger partial charge is 0.490 e. The van der Waals surface area contributed by atoms with Crippen molar-refractivity contribution in [3.8, 4) is 5.75 Å². The summed E-state index contributed by atoms with van der Waals surface area (Å²) in [5, 5.41) is 13.3. The molecule has 0 saturated carbocycles. The van der Waals surface area contributed by atoms with E-state index in [-0.39, 0.29) is 18.4 Å². The van der Waals surface area contributed by atoms with Gasteiger partial charge < -0.3 is 15.2 Å². The predicted octanol–water partition coefficient (Wildman–Crippen LogP) is 2.98. The zero-order valence-corrected chi connectivity index (χ0v) is 13.5. The quantitative estimate of drug-likeness (QED) is 0.736. The van der Waals surface area contributed by atoms with Crippen molar-refractivity contribution in [2.24, 2.45) is 0 Å². The molecule has 0 heterocycles. The van der Waals surface area contributed by atoms with Crippen LogP contribution in [-0.4, -0.2) is 30.1 Å². The number of para-hydroxylation sites is 1. The Labute approximate surface area is 137 Å². The Balaban J connectivity index is 1.82. The maximum absolute atomic E-state index is 11.5. The molecule has 2 aromatic rings. The summed E-state index contributed by atoms with van der Waals surface area (Å²) < 4.78 is 5.59. The van der Waals surface area contributed by atoms with E-state index in [4.69, 9.17) is 4.74 Å². The maximum atomic E-state index is 11.5. The van der Waals surface area contributed by atoms with E-state index in [2.05, 4.69) is 5.32 Å². The molecule has 0 radical (unpaired) electrons. The van der Waals surface area contributed by atoms with Crippen LogP contribution in [0.4, 0.5) is 0 Å². The summed E-state index contributed by atoms with van der Waals surface area (Å²) in [5.74, 6) is 0.459. The van der Waals surface area contributed by atoms with Crippen molar-refractivity contribution in [2.75, 3.05) is 13.2 Å². The number of aliphatic hydroxyl groups is 1. The van der Waals surface area contributed by atoms with Crippen LogP contribution in [-0.2, 0) is 0 Å². The van der Waals surface area contributed by atoms with Crippen LogP contribution in [0.25, 0.3) is 0 Å². The van der Waals surface area contributed by atoms with Crippen LogP contribution >= 0.6 is 0 Å². The molecule has 0 saturated heterocycles. The standard InChI is InChI=1S/C19H23NO3/c1-14(16-8-4-3-5-9-16)20-12-17(22)13-23-19-11-7-6-10-18(19)15(2)21/h3-11,14,17,20,22H,12-13H2,1-2H3. The van der Waals surface area contributed by atoms with Gasteiger partial charge in [0.1, 0.15) is 18.5 Å². The molecule has 0 spiro atoms. The second-order valence-electron chi connectivity index (χ2n) is 5.56.